The molecule has 2 aromatic heterocycles. The summed E-state index contributed by atoms with van der Waals surface area (Å²) in [4.78, 5) is 4.11. The molecule has 0 bridgehead atoms. The van der Waals surface area contributed by atoms with Gasteiger partial charge in [0.2, 0.25) is 0 Å². The molecule has 1 N–H and O–H groups in total. The van der Waals surface area contributed by atoms with Gasteiger partial charge in [-0.3, -0.25) is 10.1 Å². The van der Waals surface area contributed by atoms with E-state index in [2.05, 4.69) is 15.2 Å². The van der Waals surface area contributed by atoms with Crippen LogP contribution >= 0.6 is 23.2 Å². The third kappa shape index (κ3) is 1.53. The molecule has 0 aliphatic rings. The Labute approximate surface area is 84.7 Å². The monoisotopic (exact) mass is 213 g/mol. The Morgan fingerprint density at radius 3 is 2.77 bits per heavy atom. The largest absolute Gasteiger partial charge is 0.267 e. The molecule has 0 atom stereocenters. The molecular weight excluding hydrogens is 209 g/mol. The molecule has 0 unspecified atom stereocenters. The van der Waals surface area contributed by atoms with Gasteiger partial charge in [0.05, 0.1) is 22.5 Å². The van der Waals surface area contributed by atoms with Crippen molar-refractivity contribution in [2.24, 2.45) is 0 Å². The molecule has 2 heterocycles. The van der Waals surface area contributed by atoms with E-state index in [0.717, 1.165) is 0 Å². The molecular formula is C8H5Cl2N3. The summed E-state index contributed by atoms with van der Waals surface area (Å²) >= 11 is 11.8. The van der Waals surface area contributed by atoms with Gasteiger partial charge < -0.3 is 0 Å². The lowest BCUT2D eigenvalue weighted by molar-refractivity contribution is 1.09. The maximum atomic E-state index is 5.92. The van der Waals surface area contributed by atoms with Gasteiger partial charge in [0.15, 0.2) is 0 Å². The standard InChI is InChI=1S/C8H5Cl2N3/c9-6-2-1-3-11-7(6)5-4-12-13-8(5)10/h1-4H,(H,12,13). The van der Waals surface area contributed by atoms with E-state index in [9.17, 15) is 0 Å². The fourth-order valence-electron chi connectivity index (χ4n) is 1.02. The maximum absolute atomic E-state index is 5.92. The van der Waals surface area contributed by atoms with Gasteiger partial charge in [0, 0.05) is 6.20 Å². The first-order valence-electron chi connectivity index (χ1n) is 3.59. The van der Waals surface area contributed by atoms with Crippen LogP contribution in [0.1, 0.15) is 0 Å². The fraction of sp³-hybridized carbons (Fsp3) is 0. The van der Waals surface area contributed by atoms with E-state index < -0.39 is 0 Å². The van der Waals surface area contributed by atoms with E-state index in [-0.39, 0.29) is 0 Å². The molecule has 2 rings (SSSR count). The minimum atomic E-state index is 0.445. The van der Waals surface area contributed by atoms with Gasteiger partial charge in [-0.15, -0.1) is 0 Å². The van der Waals surface area contributed by atoms with Crippen LogP contribution in [-0.4, -0.2) is 15.2 Å². The molecule has 0 saturated heterocycles. The van der Waals surface area contributed by atoms with Crippen molar-refractivity contribution in [3.05, 3.63) is 34.7 Å². The van der Waals surface area contributed by atoms with Gasteiger partial charge in [-0.05, 0) is 12.1 Å². The number of rotatable bonds is 1. The maximum Gasteiger partial charge on any atom is 0.133 e. The Bertz CT molecular complexity index is 425. The number of pyridine rings is 1. The van der Waals surface area contributed by atoms with Crippen molar-refractivity contribution in [2.45, 2.75) is 0 Å². The van der Waals surface area contributed by atoms with E-state index in [1.165, 1.54) is 0 Å². The molecule has 0 aliphatic carbocycles. The van der Waals surface area contributed by atoms with Crippen molar-refractivity contribution in [2.75, 3.05) is 0 Å². The molecule has 0 fully saturated rings. The second-order valence-corrected chi connectivity index (χ2v) is 3.22. The first-order valence-corrected chi connectivity index (χ1v) is 4.34. The van der Waals surface area contributed by atoms with Gasteiger partial charge >= 0.3 is 0 Å². The topological polar surface area (TPSA) is 41.6 Å². The highest BCUT2D eigenvalue weighted by Gasteiger charge is 2.09. The smallest absolute Gasteiger partial charge is 0.133 e. The first kappa shape index (κ1) is 8.53. The molecule has 5 heteroatoms. The molecule has 0 amide bonds. The number of nitrogens with zero attached hydrogens (tertiary/aromatic N) is 2. The Balaban J connectivity index is 2.59. The summed E-state index contributed by atoms with van der Waals surface area (Å²) in [7, 11) is 0. The van der Waals surface area contributed by atoms with Crippen LogP contribution in [0.15, 0.2) is 24.5 Å². The van der Waals surface area contributed by atoms with Crippen molar-refractivity contribution in [1.29, 1.82) is 0 Å². The number of hydrogen-bond acceptors (Lipinski definition) is 2. The number of hydrogen-bond donors (Lipinski definition) is 1. The van der Waals surface area contributed by atoms with Gasteiger partial charge in [-0.2, -0.15) is 5.10 Å². The quantitative estimate of drug-likeness (QED) is 0.792. The number of H-pyrrole nitrogens is 1. The molecule has 66 valence electrons. The summed E-state index contributed by atoms with van der Waals surface area (Å²) in [6, 6.07) is 3.52. The van der Waals surface area contributed by atoms with E-state index >= 15 is 0 Å². The Kier molecular flexibility index (Phi) is 2.20. The zero-order chi connectivity index (χ0) is 9.26. The number of halogens is 2. The lowest BCUT2D eigenvalue weighted by atomic mass is 10.2. The second-order valence-electron chi connectivity index (χ2n) is 2.43. The average molecular weight is 214 g/mol. The van der Waals surface area contributed by atoms with Crippen molar-refractivity contribution in [1.82, 2.24) is 15.2 Å². The summed E-state index contributed by atoms with van der Waals surface area (Å²) in [5.74, 6) is 0. The Morgan fingerprint density at radius 2 is 2.15 bits per heavy atom. The summed E-state index contributed by atoms with van der Waals surface area (Å²) < 4.78 is 0. The SMILES string of the molecule is Clc1cccnc1-c1cn[nH]c1Cl. The average Bonchev–Trinajstić information content (AvgIpc) is 2.52. The van der Waals surface area contributed by atoms with Crippen molar-refractivity contribution < 1.29 is 0 Å². The van der Waals surface area contributed by atoms with Crippen molar-refractivity contribution >= 4 is 23.2 Å². The van der Waals surface area contributed by atoms with Gasteiger partial charge in [-0.1, -0.05) is 23.2 Å². The minimum absolute atomic E-state index is 0.445. The molecule has 0 radical (unpaired) electrons. The summed E-state index contributed by atoms with van der Waals surface area (Å²) in [5.41, 5.74) is 1.36. The Morgan fingerprint density at radius 1 is 1.31 bits per heavy atom. The van der Waals surface area contributed by atoms with Crippen LogP contribution in [0.5, 0.6) is 0 Å². The van der Waals surface area contributed by atoms with Gasteiger partial charge in [-0.25, -0.2) is 0 Å². The predicted molar refractivity (Wildman–Crippen MR) is 51.8 cm³/mol. The highest BCUT2D eigenvalue weighted by molar-refractivity contribution is 6.35. The number of nitrogens with one attached hydrogen (secondary N) is 1. The molecule has 13 heavy (non-hydrogen) atoms. The highest BCUT2D eigenvalue weighted by Crippen LogP contribution is 2.29. The zero-order valence-corrected chi connectivity index (χ0v) is 7.97. The van der Waals surface area contributed by atoms with Crippen LogP contribution in [0.25, 0.3) is 11.3 Å². The second kappa shape index (κ2) is 3.36. The van der Waals surface area contributed by atoms with Crippen LogP contribution in [0.2, 0.25) is 10.2 Å². The number of aromatic nitrogens is 3. The number of aromatic amines is 1. The summed E-state index contributed by atoms with van der Waals surface area (Å²) in [5, 5.41) is 7.40. The third-order valence-corrected chi connectivity index (χ3v) is 2.20. The van der Waals surface area contributed by atoms with E-state index in [0.29, 0.717) is 21.4 Å². The lowest BCUT2D eigenvalue weighted by Crippen LogP contribution is -1.82. The van der Waals surface area contributed by atoms with Crippen LogP contribution in [-0.2, 0) is 0 Å². The van der Waals surface area contributed by atoms with Gasteiger partial charge in [0.1, 0.15) is 5.15 Å². The molecule has 3 nitrogen and oxygen atoms in total. The first-order chi connectivity index (χ1) is 6.29. The zero-order valence-electron chi connectivity index (χ0n) is 6.46. The summed E-state index contributed by atoms with van der Waals surface area (Å²) in [6.07, 6.45) is 3.25. The van der Waals surface area contributed by atoms with Gasteiger partial charge in [0.25, 0.3) is 0 Å². The molecule has 0 aromatic carbocycles. The minimum Gasteiger partial charge on any atom is -0.267 e. The fourth-order valence-corrected chi connectivity index (χ4v) is 1.43. The highest BCUT2D eigenvalue weighted by atomic mass is 35.5. The van der Waals surface area contributed by atoms with Crippen LogP contribution in [0.3, 0.4) is 0 Å². The molecule has 0 saturated carbocycles. The lowest BCUT2D eigenvalue weighted by Gasteiger charge is -1.98. The van der Waals surface area contributed by atoms with Crippen molar-refractivity contribution in [3.8, 4) is 11.3 Å². The normalized spacial score (nSPS) is 10.3. The van der Waals surface area contributed by atoms with Crippen LogP contribution < -0.4 is 0 Å². The molecule has 0 aliphatic heterocycles. The molecule has 2 aromatic rings. The molecule has 0 spiro atoms. The third-order valence-electron chi connectivity index (χ3n) is 1.61. The Hall–Kier alpha value is -1.06. The van der Waals surface area contributed by atoms with E-state index in [1.807, 2.05) is 0 Å². The van der Waals surface area contributed by atoms with E-state index in [4.69, 9.17) is 23.2 Å². The predicted octanol–water partition coefficient (Wildman–Crippen LogP) is 2.78. The summed E-state index contributed by atoms with van der Waals surface area (Å²) in [6.45, 7) is 0. The van der Waals surface area contributed by atoms with Crippen molar-refractivity contribution in [3.63, 3.8) is 0 Å². The van der Waals surface area contributed by atoms with Crippen LogP contribution in [0.4, 0.5) is 0 Å². The van der Waals surface area contributed by atoms with Crippen LogP contribution in [0, 0.1) is 0 Å². The van der Waals surface area contributed by atoms with E-state index in [1.54, 1.807) is 24.5 Å².